The van der Waals surface area contributed by atoms with Crippen LogP contribution in [0.2, 0.25) is 4.34 Å². The number of likely N-dealkylation sites (tertiary alicyclic amines) is 1. The summed E-state index contributed by atoms with van der Waals surface area (Å²) < 4.78 is 41.8. The first-order valence-corrected chi connectivity index (χ1v) is 11.5. The smallest absolute Gasteiger partial charge is 0.382 e. The molecule has 1 aliphatic heterocycles. The van der Waals surface area contributed by atoms with Crippen molar-refractivity contribution in [3.63, 3.8) is 0 Å². The van der Waals surface area contributed by atoms with Crippen LogP contribution in [0.5, 0.6) is 0 Å². The number of aliphatic hydroxyl groups is 1. The van der Waals surface area contributed by atoms with Gasteiger partial charge in [0.1, 0.15) is 17.7 Å². The number of nitrogens with zero attached hydrogens (tertiary/aromatic N) is 4. The average molecular weight is 506 g/mol. The van der Waals surface area contributed by atoms with Gasteiger partial charge >= 0.3 is 6.18 Å². The first kappa shape index (κ1) is 24.0. The second-order valence-corrected chi connectivity index (χ2v) is 10.5. The third-order valence-electron chi connectivity index (χ3n) is 5.45. The summed E-state index contributed by atoms with van der Waals surface area (Å²) in [5, 5.41) is 17.6. The average Bonchev–Trinajstić information content (AvgIpc) is 3.18. The lowest BCUT2D eigenvalue weighted by Gasteiger charge is -2.33. The molecular weight excluding hydrogens is 483 g/mol. The van der Waals surface area contributed by atoms with Crippen LogP contribution >= 0.6 is 22.9 Å². The van der Waals surface area contributed by atoms with E-state index in [9.17, 15) is 27.9 Å². The van der Waals surface area contributed by atoms with E-state index < -0.39 is 42.4 Å². The molecule has 0 aliphatic carbocycles. The Labute approximate surface area is 195 Å². The van der Waals surface area contributed by atoms with Crippen molar-refractivity contribution in [1.29, 1.82) is 0 Å². The molecule has 0 radical (unpaired) electrons. The number of alkyl halides is 3. The van der Waals surface area contributed by atoms with Crippen LogP contribution in [0.3, 0.4) is 0 Å². The highest BCUT2D eigenvalue weighted by molar-refractivity contribution is 7.22. The van der Waals surface area contributed by atoms with Crippen LogP contribution in [0.25, 0.3) is 15.7 Å². The van der Waals surface area contributed by atoms with E-state index in [-0.39, 0.29) is 17.9 Å². The molecule has 1 fully saturated rings. The predicted molar refractivity (Wildman–Crippen MR) is 119 cm³/mol. The number of hydrogen-bond acceptors (Lipinski definition) is 6. The summed E-state index contributed by atoms with van der Waals surface area (Å²) in [6, 6.07) is 2.86. The molecule has 0 unspecified atom stereocenters. The minimum absolute atomic E-state index is 0.0806. The van der Waals surface area contributed by atoms with Gasteiger partial charge < -0.3 is 10.4 Å². The fraction of sp³-hybridized carbons (Fsp3) is 0.550. The number of thiophene rings is 1. The molecule has 33 heavy (non-hydrogen) atoms. The molecule has 3 aromatic heterocycles. The van der Waals surface area contributed by atoms with Crippen molar-refractivity contribution >= 4 is 44.6 Å². The van der Waals surface area contributed by atoms with E-state index >= 15 is 0 Å². The summed E-state index contributed by atoms with van der Waals surface area (Å²) in [5.41, 5.74) is -1.10. The molecule has 0 saturated carbocycles. The summed E-state index contributed by atoms with van der Waals surface area (Å²) in [6.45, 7) is 1.97. The number of rotatable bonds is 5. The first-order valence-electron chi connectivity index (χ1n) is 10.3. The second-order valence-electron chi connectivity index (χ2n) is 8.77. The van der Waals surface area contributed by atoms with Gasteiger partial charge in [0.25, 0.3) is 5.56 Å². The van der Waals surface area contributed by atoms with Gasteiger partial charge in [-0.15, -0.1) is 11.3 Å². The van der Waals surface area contributed by atoms with Crippen molar-refractivity contribution in [3.8, 4) is 0 Å². The Hall–Kier alpha value is -2.15. The van der Waals surface area contributed by atoms with Crippen molar-refractivity contribution < 1.29 is 23.1 Å². The molecular formula is C20H23ClF3N5O3S. The molecule has 2 N–H and O–H groups in total. The number of piperidine rings is 1. The number of hydrogen-bond donors (Lipinski definition) is 2. The number of halogens is 4. The second kappa shape index (κ2) is 8.57. The monoisotopic (exact) mass is 505 g/mol. The van der Waals surface area contributed by atoms with Crippen molar-refractivity contribution in [2.24, 2.45) is 0 Å². The Morgan fingerprint density at radius 3 is 2.73 bits per heavy atom. The normalized spacial score (nSPS) is 18.3. The molecule has 8 nitrogen and oxygen atoms in total. The van der Waals surface area contributed by atoms with Gasteiger partial charge in [0.2, 0.25) is 5.91 Å². The number of carbonyl (C=O) groups excluding carboxylic acids is 1. The van der Waals surface area contributed by atoms with Crippen LogP contribution in [0.4, 0.5) is 13.2 Å². The minimum atomic E-state index is -4.30. The lowest BCUT2D eigenvalue weighted by molar-refractivity contribution is -0.148. The molecule has 4 heterocycles. The third kappa shape index (κ3) is 5.18. The molecule has 3 aromatic rings. The van der Waals surface area contributed by atoms with Crippen molar-refractivity contribution in [3.05, 3.63) is 32.6 Å². The number of carbonyl (C=O) groups is 1. The van der Waals surface area contributed by atoms with Gasteiger partial charge in [-0.25, -0.2) is 4.68 Å². The quantitative estimate of drug-likeness (QED) is 0.556. The van der Waals surface area contributed by atoms with Gasteiger partial charge in [-0.3, -0.25) is 18.9 Å². The number of amides is 1. The van der Waals surface area contributed by atoms with Gasteiger partial charge in [0.15, 0.2) is 5.82 Å². The molecule has 13 heteroatoms. The molecule has 0 aromatic carbocycles. The van der Waals surface area contributed by atoms with Crippen LogP contribution < -0.4 is 10.9 Å². The van der Waals surface area contributed by atoms with Crippen LogP contribution in [-0.4, -0.2) is 61.9 Å². The fourth-order valence-electron chi connectivity index (χ4n) is 4.17. The van der Waals surface area contributed by atoms with Gasteiger partial charge in [0.05, 0.1) is 21.1 Å². The molecule has 1 atom stereocenters. The number of fused-ring (bicyclic) bond motifs is 3. The van der Waals surface area contributed by atoms with Crippen LogP contribution in [0.15, 0.2) is 16.9 Å². The van der Waals surface area contributed by atoms with Crippen LogP contribution in [0.1, 0.15) is 32.5 Å². The Bertz CT molecular complexity index is 1260. The minimum Gasteiger partial charge on any atom is -0.382 e. The third-order valence-corrected chi connectivity index (χ3v) is 6.65. The molecule has 180 valence electrons. The van der Waals surface area contributed by atoms with Crippen molar-refractivity contribution in [2.45, 2.75) is 51.1 Å². The highest BCUT2D eigenvalue weighted by Gasteiger charge is 2.33. The summed E-state index contributed by atoms with van der Waals surface area (Å²) in [6.07, 6.45) is -3.23. The van der Waals surface area contributed by atoms with E-state index in [1.165, 1.54) is 34.5 Å². The van der Waals surface area contributed by atoms with Crippen molar-refractivity contribution in [2.75, 3.05) is 19.6 Å². The first-order chi connectivity index (χ1) is 15.3. The topological polar surface area (TPSA) is 91.9 Å². The molecule has 0 spiro atoms. The van der Waals surface area contributed by atoms with E-state index in [2.05, 4.69) is 10.4 Å². The van der Waals surface area contributed by atoms with E-state index in [1.54, 1.807) is 12.1 Å². The molecule has 0 bridgehead atoms. The lowest BCUT2D eigenvalue weighted by Crippen LogP contribution is -2.51. The molecule has 1 amide bonds. The lowest BCUT2D eigenvalue weighted by atomic mass is 10.1. The number of aromatic nitrogens is 3. The van der Waals surface area contributed by atoms with E-state index in [0.717, 1.165) is 9.38 Å². The standard InChI is InChI=1S/C20H23ClF3N5O3S/c1-19(2,32)18-26-28(17(31)13-6-14-12(29(13)18)7-15(21)33-14)9-16(30)25-11-4-3-5-27(8-11)10-20(22,23)24/h6-7,11,32H,3-5,8-10H2,1-2H3,(H,25,30)/t11-/m1/s1. The van der Waals surface area contributed by atoms with Gasteiger partial charge in [-0.05, 0) is 45.4 Å². The predicted octanol–water partition coefficient (Wildman–Crippen LogP) is 2.73. The Kier molecular flexibility index (Phi) is 6.23. The Morgan fingerprint density at radius 2 is 2.06 bits per heavy atom. The summed E-state index contributed by atoms with van der Waals surface area (Å²) >= 11 is 7.37. The number of nitrogens with one attached hydrogen (secondary N) is 1. The van der Waals surface area contributed by atoms with Gasteiger partial charge in [-0.1, -0.05) is 11.6 Å². The zero-order valence-electron chi connectivity index (χ0n) is 17.9. The summed E-state index contributed by atoms with van der Waals surface area (Å²) in [4.78, 5) is 27.0. The maximum Gasteiger partial charge on any atom is 0.401 e. The van der Waals surface area contributed by atoms with Gasteiger partial charge in [0, 0.05) is 12.6 Å². The maximum absolute atomic E-state index is 13.1. The van der Waals surface area contributed by atoms with Gasteiger partial charge in [-0.2, -0.15) is 18.3 Å². The van der Waals surface area contributed by atoms with E-state index in [1.807, 2.05) is 0 Å². The highest BCUT2D eigenvalue weighted by Crippen LogP contribution is 2.33. The molecule has 4 rings (SSSR count). The highest BCUT2D eigenvalue weighted by atomic mass is 35.5. The maximum atomic E-state index is 13.1. The SMILES string of the molecule is CC(C)(O)c1nn(CC(=O)N[C@@H]2CCCN(CC(F)(F)F)C2)c(=O)c2cc3sc(Cl)cc3n12. The van der Waals surface area contributed by atoms with E-state index in [4.69, 9.17) is 11.6 Å². The Balaban J connectivity index is 1.59. The Morgan fingerprint density at radius 1 is 1.33 bits per heavy atom. The van der Waals surface area contributed by atoms with Crippen molar-refractivity contribution in [1.82, 2.24) is 24.4 Å². The largest absolute Gasteiger partial charge is 0.401 e. The fourth-order valence-corrected chi connectivity index (χ4v) is 5.33. The van der Waals surface area contributed by atoms with E-state index in [0.29, 0.717) is 29.2 Å². The zero-order chi connectivity index (χ0) is 24.1. The van der Waals surface area contributed by atoms with Crippen LogP contribution in [-0.2, 0) is 16.9 Å². The molecule has 1 aliphatic rings. The summed E-state index contributed by atoms with van der Waals surface area (Å²) in [5.74, 6) is -0.380. The molecule has 1 saturated heterocycles. The summed E-state index contributed by atoms with van der Waals surface area (Å²) in [7, 11) is 0. The van der Waals surface area contributed by atoms with Crippen LogP contribution in [0, 0.1) is 0 Å². The zero-order valence-corrected chi connectivity index (χ0v) is 19.5.